The lowest BCUT2D eigenvalue weighted by atomic mass is 9.98. The van der Waals surface area contributed by atoms with Gasteiger partial charge in [-0.3, -0.25) is 4.79 Å². The van der Waals surface area contributed by atoms with Crippen molar-refractivity contribution in [2.24, 2.45) is 0 Å². The van der Waals surface area contributed by atoms with E-state index >= 15 is 0 Å². The third kappa shape index (κ3) is 2.74. The highest BCUT2D eigenvalue weighted by Gasteiger charge is 2.58. The zero-order valence-corrected chi connectivity index (χ0v) is 12.1. The number of hydrogen-bond acceptors (Lipinski definition) is 3. The molecule has 1 amide bonds. The molecule has 0 radical (unpaired) electrons. The summed E-state index contributed by atoms with van der Waals surface area (Å²) >= 11 is 0. The molecule has 0 aliphatic heterocycles. The number of benzene rings is 1. The monoisotopic (exact) mass is 307 g/mol. The van der Waals surface area contributed by atoms with Crippen LogP contribution >= 0.6 is 0 Å². The SMILES string of the molecule is Cc1c(N)c(C)c(NC(=O)C(C)(F)C(F)(F)F)c(C)c1N. The van der Waals surface area contributed by atoms with Crippen molar-refractivity contribution in [1.29, 1.82) is 0 Å². The van der Waals surface area contributed by atoms with Crippen molar-refractivity contribution >= 4 is 23.0 Å². The van der Waals surface area contributed by atoms with Gasteiger partial charge in [0, 0.05) is 11.4 Å². The first kappa shape index (κ1) is 17.1. The minimum absolute atomic E-state index is 0.00581. The molecule has 1 rings (SSSR count). The van der Waals surface area contributed by atoms with Gasteiger partial charge >= 0.3 is 6.18 Å². The van der Waals surface area contributed by atoms with Gasteiger partial charge in [-0.2, -0.15) is 13.2 Å². The van der Waals surface area contributed by atoms with Crippen molar-refractivity contribution in [1.82, 2.24) is 0 Å². The lowest BCUT2D eigenvalue weighted by Crippen LogP contribution is -2.48. The smallest absolute Gasteiger partial charge is 0.398 e. The van der Waals surface area contributed by atoms with Crippen LogP contribution in [-0.4, -0.2) is 17.8 Å². The molecule has 0 aliphatic rings. The van der Waals surface area contributed by atoms with Crippen LogP contribution < -0.4 is 16.8 Å². The molecule has 1 atom stereocenters. The Bertz CT molecular complexity index is 565. The number of carbonyl (C=O) groups excluding carboxylic acids is 1. The molecule has 118 valence electrons. The zero-order valence-electron chi connectivity index (χ0n) is 12.1. The summed E-state index contributed by atoms with van der Waals surface area (Å²) in [6.45, 7) is 4.82. The van der Waals surface area contributed by atoms with Crippen molar-refractivity contribution in [2.45, 2.75) is 39.5 Å². The molecule has 0 spiro atoms. The highest BCUT2D eigenvalue weighted by atomic mass is 19.4. The van der Waals surface area contributed by atoms with Crippen molar-refractivity contribution in [3.05, 3.63) is 16.7 Å². The van der Waals surface area contributed by atoms with Gasteiger partial charge in [0.25, 0.3) is 11.6 Å². The second-order valence-corrected chi connectivity index (χ2v) is 5.03. The number of nitrogens with two attached hydrogens (primary N) is 2. The zero-order chi connectivity index (χ0) is 16.7. The van der Waals surface area contributed by atoms with Crippen molar-refractivity contribution in [3.8, 4) is 0 Å². The number of halogens is 4. The van der Waals surface area contributed by atoms with Crippen LogP contribution in [0.15, 0.2) is 0 Å². The van der Waals surface area contributed by atoms with Gasteiger partial charge in [0.2, 0.25) is 0 Å². The van der Waals surface area contributed by atoms with Crippen molar-refractivity contribution < 1.29 is 22.4 Å². The van der Waals surface area contributed by atoms with E-state index in [2.05, 4.69) is 0 Å². The fraction of sp³-hybridized carbons (Fsp3) is 0.462. The maximum atomic E-state index is 13.6. The van der Waals surface area contributed by atoms with Crippen LogP contribution in [0.1, 0.15) is 23.6 Å². The molecule has 0 heterocycles. The summed E-state index contributed by atoms with van der Waals surface area (Å²) in [4.78, 5) is 11.6. The molecule has 0 aromatic heterocycles. The Morgan fingerprint density at radius 3 is 1.67 bits per heavy atom. The molecule has 1 unspecified atom stereocenters. The van der Waals surface area contributed by atoms with E-state index in [0.29, 0.717) is 16.7 Å². The van der Waals surface area contributed by atoms with E-state index in [9.17, 15) is 22.4 Å². The molecule has 0 aliphatic carbocycles. The summed E-state index contributed by atoms with van der Waals surface area (Å²) < 4.78 is 51.2. The molecule has 5 N–H and O–H groups in total. The maximum absolute atomic E-state index is 13.6. The normalized spacial score (nSPS) is 14.7. The van der Waals surface area contributed by atoms with Crippen LogP contribution in [0.4, 0.5) is 34.6 Å². The van der Waals surface area contributed by atoms with Gasteiger partial charge in [-0.05, 0) is 44.4 Å². The van der Waals surface area contributed by atoms with Gasteiger partial charge < -0.3 is 16.8 Å². The third-order valence-corrected chi connectivity index (χ3v) is 3.56. The Labute approximate surface area is 119 Å². The number of amides is 1. The van der Waals surface area contributed by atoms with Gasteiger partial charge in [-0.15, -0.1) is 0 Å². The third-order valence-electron chi connectivity index (χ3n) is 3.56. The number of alkyl halides is 4. The number of nitrogens with one attached hydrogen (secondary N) is 1. The van der Waals surface area contributed by atoms with Crippen LogP contribution in [0.3, 0.4) is 0 Å². The summed E-state index contributed by atoms with van der Waals surface area (Å²) in [7, 11) is 0. The standard InChI is InChI=1S/C13H17F4N3O/c1-5-8(18)6(2)10(7(3)9(5)19)20-11(21)12(4,14)13(15,16)17/h18-19H2,1-4H3,(H,20,21). The average Bonchev–Trinajstić information content (AvgIpc) is 2.37. The van der Waals surface area contributed by atoms with Gasteiger partial charge in [0.1, 0.15) is 0 Å². The first-order chi connectivity index (χ1) is 9.32. The number of anilines is 3. The Hall–Kier alpha value is -1.99. The Balaban J connectivity index is 3.31. The largest absolute Gasteiger partial charge is 0.431 e. The van der Waals surface area contributed by atoms with Crippen LogP contribution in [-0.2, 0) is 4.79 Å². The van der Waals surface area contributed by atoms with Crippen LogP contribution in [0.5, 0.6) is 0 Å². The molecule has 21 heavy (non-hydrogen) atoms. The highest BCUT2D eigenvalue weighted by molar-refractivity contribution is 6.00. The molecular formula is C13H17F4N3O. The van der Waals surface area contributed by atoms with E-state index < -0.39 is 17.8 Å². The van der Waals surface area contributed by atoms with E-state index in [4.69, 9.17) is 11.5 Å². The topological polar surface area (TPSA) is 81.1 Å². The minimum atomic E-state index is -5.32. The fourth-order valence-electron chi connectivity index (χ4n) is 1.81. The van der Waals surface area contributed by atoms with E-state index in [1.54, 1.807) is 6.92 Å². The summed E-state index contributed by atoms with van der Waals surface area (Å²) in [5.74, 6) is -1.82. The molecule has 0 saturated carbocycles. The van der Waals surface area contributed by atoms with Crippen LogP contribution in [0.2, 0.25) is 0 Å². The number of carbonyl (C=O) groups is 1. The summed E-state index contributed by atoms with van der Waals surface area (Å²) in [5, 5.41) is 1.94. The highest BCUT2D eigenvalue weighted by Crippen LogP contribution is 2.38. The molecule has 1 aromatic rings. The van der Waals surface area contributed by atoms with E-state index in [-0.39, 0.29) is 24.0 Å². The van der Waals surface area contributed by atoms with Crippen LogP contribution in [0, 0.1) is 20.8 Å². The first-order valence-corrected chi connectivity index (χ1v) is 6.04. The Kier molecular flexibility index (Phi) is 4.13. The maximum Gasteiger partial charge on any atom is 0.431 e. The second kappa shape index (κ2) is 5.09. The molecule has 1 aromatic carbocycles. The van der Waals surface area contributed by atoms with E-state index in [1.807, 2.05) is 5.32 Å². The minimum Gasteiger partial charge on any atom is -0.398 e. The summed E-state index contributed by atoms with van der Waals surface area (Å²) in [6, 6.07) is 0. The van der Waals surface area contributed by atoms with Gasteiger partial charge in [-0.25, -0.2) is 4.39 Å². The van der Waals surface area contributed by atoms with Crippen molar-refractivity contribution in [2.75, 3.05) is 16.8 Å². The summed E-state index contributed by atoms with van der Waals surface area (Å²) in [5.41, 5.74) is 9.24. The quantitative estimate of drug-likeness (QED) is 0.580. The number of nitrogen functional groups attached to an aromatic ring is 2. The molecular weight excluding hydrogens is 290 g/mol. The average molecular weight is 307 g/mol. The van der Waals surface area contributed by atoms with Gasteiger partial charge in [0.05, 0.1) is 5.69 Å². The Morgan fingerprint density at radius 1 is 0.952 bits per heavy atom. The van der Waals surface area contributed by atoms with Gasteiger partial charge in [0.15, 0.2) is 0 Å². The second-order valence-electron chi connectivity index (χ2n) is 5.03. The van der Waals surface area contributed by atoms with E-state index in [0.717, 1.165) is 0 Å². The number of hydrogen-bond donors (Lipinski definition) is 3. The predicted molar refractivity (Wildman–Crippen MR) is 73.7 cm³/mol. The van der Waals surface area contributed by atoms with E-state index in [1.165, 1.54) is 13.8 Å². The first-order valence-electron chi connectivity index (χ1n) is 6.04. The van der Waals surface area contributed by atoms with Crippen LogP contribution in [0.25, 0.3) is 0 Å². The Morgan fingerprint density at radius 2 is 1.33 bits per heavy atom. The molecule has 0 bridgehead atoms. The molecule has 4 nitrogen and oxygen atoms in total. The molecule has 0 saturated heterocycles. The number of rotatable bonds is 2. The molecule has 0 fully saturated rings. The van der Waals surface area contributed by atoms with Gasteiger partial charge in [-0.1, -0.05) is 0 Å². The lowest BCUT2D eigenvalue weighted by molar-refractivity contribution is -0.218. The summed E-state index contributed by atoms with van der Waals surface area (Å²) in [6.07, 6.45) is -5.32. The molecule has 8 heteroatoms. The van der Waals surface area contributed by atoms with Crippen molar-refractivity contribution in [3.63, 3.8) is 0 Å². The lowest BCUT2D eigenvalue weighted by Gasteiger charge is -2.25. The fourth-order valence-corrected chi connectivity index (χ4v) is 1.81. The predicted octanol–water partition coefficient (Wildman–Crippen LogP) is 3.01.